The molecule has 1 N–H and O–H groups in total. The third-order valence-electron chi connectivity index (χ3n) is 4.77. The average molecular weight is 364 g/mol. The van der Waals surface area contributed by atoms with E-state index < -0.39 is 5.60 Å². The molecule has 1 aromatic rings. The Balaban J connectivity index is 2.07. The molecule has 0 aromatic carbocycles. The molecule has 0 aliphatic heterocycles. The number of ether oxygens (including phenoxy) is 3. The van der Waals surface area contributed by atoms with Crippen molar-refractivity contribution in [3.8, 4) is 5.88 Å². The third-order valence-corrected chi connectivity index (χ3v) is 4.77. The van der Waals surface area contributed by atoms with Crippen LogP contribution in [-0.4, -0.2) is 43.4 Å². The van der Waals surface area contributed by atoms with Gasteiger partial charge in [0.15, 0.2) is 0 Å². The van der Waals surface area contributed by atoms with Gasteiger partial charge in [0, 0.05) is 19.3 Å². The van der Waals surface area contributed by atoms with Crippen LogP contribution in [0.2, 0.25) is 0 Å². The first-order valence-electron chi connectivity index (χ1n) is 9.54. The van der Waals surface area contributed by atoms with E-state index in [9.17, 15) is 4.79 Å². The largest absolute Gasteiger partial charge is 0.475 e. The number of amides is 1. The topological polar surface area (TPSA) is 69.7 Å². The second-order valence-electron chi connectivity index (χ2n) is 7.19. The molecule has 146 valence electrons. The number of carbonyl (C=O) groups is 1. The van der Waals surface area contributed by atoms with Crippen LogP contribution in [0.3, 0.4) is 0 Å². The number of anilines is 1. The van der Waals surface area contributed by atoms with Crippen LogP contribution < -0.4 is 10.1 Å². The van der Waals surface area contributed by atoms with Gasteiger partial charge in [-0.15, -0.1) is 0 Å². The number of carbonyl (C=O) groups excluding carboxylic acids is 1. The van der Waals surface area contributed by atoms with E-state index in [1.165, 1.54) is 0 Å². The standard InChI is InChI=1S/C20H32N2O4/c1-5-9-26-20(8-6-7-15(2)13-20)19(23)22-17-12-16(3)18(21-14-17)25-11-10-24-4/h12,14-15H,5-11,13H2,1-4H3,(H,22,23)/t15-,20-/m1/s1. The van der Waals surface area contributed by atoms with Crippen molar-refractivity contribution in [3.63, 3.8) is 0 Å². The summed E-state index contributed by atoms with van der Waals surface area (Å²) >= 11 is 0. The molecule has 2 rings (SSSR count). The van der Waals surface area contributed by atoms with Crippen molar-refractivity contribution in [2.45, 2.75) is 58.5 Å². The Labute approximate surface area is 156 Å². The molecule has 1 heterocycles. The first kappa shape index (κ1) is 20.6. The summed E-state index contributed by atoms with van der Waals surface area (Å²) in [5, 5.41) is 3.01. The summed E-state index contributed by atoms with van der Waals surface area (Å²) in [5.41, 5.74) is 0.818. The highest BCUT2D eigenvalue weighted by Gasteiger charge is 2.42. The summed E-state index contributed by atoms with van der Waals surface area (Å²) in [6.07, 6.45) is 6.24. The van der Waals surface area contributed by atoms with Gasteiger partial charge in [-0.1, -0.05) is 20.3 Å². The molecule has 1 aliphatic carbocycles. The van der Waals surface area contributed by atoms with Crippen LogP contribution in [0, 0.1) is 12.8 Å². The van der Waals surface area contributed by atoms with Gasteiger partial charge in [-0.25, -0.2) is 4.98 Å². The van der Waals surface area contributed by atoms with Gasteiger partial charge in [0.05, 0.1) is 18.5 Å². The molecule has 1 aromatic heterocycles. The Morgan fingerprint density at radius 3 is 2.85 bits per heavy atom. The minimum Gasteiger partial charge on any atom is -0.475 e. The molecule has 0 radical (unpaired) electrons. The quantitative estimate of drug-likeness (QED) is 0.676. The molecule has 1 saturated carbocycles. The maximum absolute atomic E-state index is 13.0. The number of pyridine rings is 1. The van der Waals surface area contributed by atoms with E-state index >= 15 is 0 Å². The zero-order chi connectivity index (χ0) is 19.0. The number of rotatable bonds is 9. The van der Waals surface area contributed by atoms with Crippen LogP contribution in [0.25, 0.3) is 0 Å². The second-order valence-corrected chi connectivity index (χ2v) is 7.19. The number of nitrogens with one attached hydrogen (secondary N) is 1. The minimum atomic E-state index is -0.727. The van der Waals surface area contributed by atoms with Gasteiger partial charge in [-0.3, -0.25) is 4.79 Å². The smallest absolute Gasteiger partial charge is 0.256 e. The summed E-state index contributed by atoms with van der Waals surface area (Å²) in [5.74, 6) is 0.984. The van der Waals surface area contributed by atoms with Gasteiger partial charge >= 0.3 is 0 Å². The number of hydrogen-bond acceptors (Lipinski definition) is 5. The van der Waals surface area contributed by atoms with Gasteiger partial charge in [-0.05, 0) is 44.6 Å². The zero-order valence-corrected chi connectivity index (χ0v) is 16.5. The highest BCUT2D eigenvalue weighted by Crippen LogP contribution is 2.36. The van der Waals surface area contributed by atoms with Crippen molar-refractivity contribution in [3.05, 3.63) is 17.8 Å². The molecule has 2 atom stereocenters. The van der Waals surface area contributed by atoms with Crippen LogP contribution in [0.5, 0.6) is 5.88 Å². The summed E-state index contributed by atoms with van der Waals surface area (Å²) in [6, 6.07) is 1.88. The Hall–Kier alpha value is -1.66. The normalized spacial score (nSPS) is 22.8. The van der Waals surface area contributed by atoms with Crippen LogP contribution in [0.4, 0.5) is 5.69 Å². The highest BCUT2D eigenvalue weighted by molar-refractivity contribution is 5.97. The first-order chi connectivity index (χ1) is 12.5. The molecule has 6 nitrogen and oxygen atoms in total. The lowest BCUT2D eigenvalue weighted by Gasteiger charge is -2.38. The number of aryl methyl sites for hydroxylation is 1. The summed E-state index contributed by atoms with van der Waals surface area (Å²) < 4.78 is 16.6. The Morgan fingerprint density at radius 2 is 2.19 bits per heavy atom. The van der Waals surface area contributed by atoms with Gasteiger partial charge in [0.25, 0.3) is 5.91 Å². The maximum Gasteiger partial charge on any atom is 0.256 e. The Kier molecular flexibility index (Phi) is 7.85. The molecule has 0 unspecified atom stereocenters. The predicted molar refractivity (Wildman–Crippen MR) is 102 cm³/mol. The van der Waals surface area contributed by atoms with Crippen molar-refractivity contribution < 1.29 is 19.0 Å². The van der Waals surface area contributed by atoms with Crippen molar-refractivity contribution >= 4 is 11.6 Å². The van der Waals surface area contributed by atoms with Gasteiger partial charge in [0.2, 0.25) is 5.88 Å². The first-order valence-corrected chi connectivity index (χ1v) is 9.54. The summed E-state index contributed by atoms with van der Waals surface area (Å²) in [6.45, 7) is 7.72. The molecule has 1 fully saturated rings. The van der Waals surface area contributed by atoms with E-state index in [-0.39, 0.29) is 5.91 Å². The van der Waals surface area contributed by atoms with E-state index in [0.29, 0.717) is 37.3 Å². The van der Waals surface area contributed by atoms with Crippen molar-refractivity contribution in [1.29, 1.82) is 0 Å². The van der Waals surface area contributed by atoms with Crippen molar-refractivity contribution in [2.75, 3.05) is 32.2 Å². The molecule has 1 amide bonds. The lowest BCUT2D eigenvalue weighted by Crippen LogP contribution is -2.48. The second kappa shape index (κ2) is 9.88. The van der Waals surface area contributed by atoms with Crippen LogP contribution in [0.15, 0.2) is 12.3 Å². The molecular weight excluding hydrogens is 332 g/mol. The summed E-state index contributed by atoms with van der Waals surface area (Å²) in [7, 11) is 1.63. The average Bonchev–Trinajstić information content (AvgIpc) is 2.62. The van der Waals surface area contributed by atoms with Gasteiger partial charge < -0.3 is 19.5 Å². The fourth-order valence-electron chi connectivity index (χ4n) is 3.45. The molecule has 6 heteroatoms. The van der Waals surface area contributed by atoms with Crippen molar-refractivity contribution in [1.82, 2.24) is 4.98 Å². The van der Waals surface area contributed by atoms with Crippen LogP contribution >= 0.6 is 0 Å². The number of aromatic nitrogens is 1. The highest BCUT2D eigenvalue weighted by atomic mass is 16.5. The fraction of sp³-hybridized carbons (Fsp3) is 0.700. The van der Waals surface area contributed by atoms with Gasteiger partial charge in [-0.2, -0.15) is 0 Å². The SMILES string of the molecule is CCCO[C@]1(C(=O)Nc2cnc(OCCOC)c(C)c2)CCC[C@@H](C)C1. The molecule has 0 saturated heterocycles. The Bertz CT molecular complexity index is 593. The summed E-state index contributed by atoms with van der Waals surface area (Å²) in [4.78, 5) is 17.4. The number of nitrogens with zero attached hydrogens (tertiary/aromatic N) is 1. The molecule has 0 bridgehead atoms. The number of methoxy groups -OCH3 is 1. The van der Waals surface area contributed by atoms with E-state index in [4.69, 9.17) is 14.2 Å². The predicted octanol–water partition coefficient (Wildman–Crippen LogP) is 3.73. The molecule has 26 heavy (non-hydrogen) atoms. The Morgan fingerprint density at radius 1 is 1.38 bits per heavy atom. The van der Waals surface area contributed by atoms with E-state index in [1.807, 2.05) is 13.0 Å². The lowest BCUT2D eigenvalue weighted by atomic mass is 9.78. The minimum absolute atomic E-state index is 0.0632. The van der Waals surface area contributed by atoms with E-state index in [2.05, 4.69) is 24.1 Å². The van der Waals surface area contributed by atoms with Crippen LogP contribution in [0.1, 0.15) is 51.5 Å². The monoisotopic (exact) mass is 364 g/mol. The maximum atomic E-state index is 13.0. The molecule has 0 spiro atoms. The molecular formula is C20H32N2O4. The fourth-order valence-corrected chi connectivity index (χ4v) is 3.45. The lowest BCUT2D eigenvalue weighted by molar-refractivity contribution is -0.148. The van der Waals surface area contributed by atoms with E-state index in [1.54, 1.807) is 13.3 Å². The molecule has 1 aliphatic rings. The van der Waals surface area contributed by atoms with Crippen molar-refractivity contribution in [2.24, 2.45) is 5.92 Å². The third kappa shape index (κ3) is 5.42. The number of hydrogen-bond donors (Lipinski definition) is 1. The zero-order valence-electron chi connectivity index (χ0n) is 16.5. The van der Waals surface area contributed by atoms with E-state index in [0.717, 1.165) is 37.7 Å². The van der Waals surface area contributed by atoms with Gasteiger partial charge in [0.1, 0.15) is 12.2 Å². The van der Waals surface area contributed by atoms with Crippen LogP contribution in [-0.2, 0) is 14.3 Å².